The van der Waals surface area contributed by atoms with Gasteiger partial charge in [-0.3, -0.25) is 14.9 Å². The molecule has 0 saturated carbocycles. The van der Waals surface area contributed by atoms with Crippen molar-refractivity contribution in [3.05, 3.63) is 38.2 Å². The van der Waals surface area contributed by atoms with Crippen molar-refractivity contribution in [3.63, 3.8) is 0 Å². The third-order valence-electron chi connectivity index (χ3n) is 6.92. The van der Waals surface area contributed by atoms with Crippen LogP contribution in [0.5, 0.6) is 0 Å². The molecule has 0 aliphatic carbocycles. The van der Waals surface area contributed by atoms with Crippen LogP contribution in [0.1, 0.15) is 44.1 Å². The Hall–Kier alpha value is -2.27. The van der Waals surface area contributed by atoms with E-state index in [9.17, 15) is 28.1 Å². The number of hydrogen-bond donors (Lipinski definition) is 0. The van der Waals surface area contributed by atoms with Crippen LogP contribution in [0.25, 0.3) is 10.1 Å². The Balaban J connectivity index is 1.47. The van der Waals surface area contributed by atoms with Gasteiger partial charge < -0.3 is 9.80 Å². The number of piperidine rings is 2. The van der Waals surface area contributed by atoms with Gasteiger partial charge in [-0.1, -0.05) is 24.2 Å². The fourth-order valence-corrected chi connectivity index (χ4v) is 5.93. The van der Waals surface area contributed by atoms with Crippen molar-refractivity contribution in [2.24, 2.45) is 11.8 Å². The van der Waals surface area contributed by atoms with E-state index in [0.717, 1.165) is 43.2 Å². The van der Waals surface area contributed by atoms with Crippen molar-refractivity contribution >= 4 is 32.2 Å². The highest BCUT2D eigenvalue weighted by molar-refractivity contribution is 7.22. The zero-order valence-electron chi connectivity index (χ0n) is 18.4. The average molecular weight is 485 g/mol. The summed E-state index contributed by atoms with van der Waals surface area (Å²) in [7, 11) is 2.16. The number of aromatic nitrogens is 1. The predicted molar refractivity (Wildman–Crippen MR) is 122 cm³/mol. The number of non-ortho nitro benzene ring substituents is 1. The first-order chi connectivity index (χ1) is 15.6. The smallest absolute Gasteiger partial charge is 0.348 e. The number of nitro groups is 1. The predicted octanol–water partition coefficient (Wildman–Crippen LogP) is 4.92. The number of benzene rings is 1. The number of nitrogens with zero attached hydrogens (tertiary/aromatic N) is 4. The zero-order chi connectivity index (χ0) is 23.8. The van der Waals surface area contributed by atoms with Gasteiger partial charge in [-0.05, 0) is 63.7 Å². The maximum Gasteiger partial charge on any atom is 0.416 e. The van der Waals surface area contributed by atoms with Crippen LogP contribution in [-0.2, 0) is 6.18 Å². The summed E-state index contributed by atoms with van der Waals surface area (Å²) in [5.41, 5.74) is -2.79. The number of anilines is 1. The highest BCUT2D eigenvalue weighted by atomic mass is 32.1. The minimum atomic E-state index is -4.79. The first kappa shape index (κ1) is 23.9. The van der Waals surface area contributed by atoms with E-state index >= 15 is 0 Å². The summed E-state index contributed by atoms with van der Waals surface area (Å²) in [4.78, 5) is 31.4. The van der Waals surface area contributed by atoms with Crippen LogP contribution in [0.2, 0.25) is 0 Å². The third kappa shape index (κ3) is 5.46. The average Bonchev–Trinajstić information content (AvgIpc) is 2.77. The molecule has 180 valence electrons. The molecule has 0 atom stereocenters. The van der Waals surface area contributed by atoms with E-state index in [2.05, 4.69) is 16.9 Å². The van der Waals surface area contributed by atoms with E-state index in [1.165, 1.54) is 25.7 Å². The van der Waals surface area contributed by atoms with Crippen LogP contribution in [-0.4, -0.2) is 48.0 Å². The first-order valence-electron chi connectivity index (χ1n) is 11.3. The lowest BCUT2D eigenvalue weighted by molar-refractivity contribution is -0.383. The molecule has 11 heteroatoms. The number of hydrogen-bond acceptors (Lipinski definition) is 7. The minimum absolute atomic E-state index is 0.0626. The Morgan fingerprint density at radius 2 is 1.67 bits per heavy atom. The second kappa shape index (κ2) is 9.54. The van der Waals surface area contributed by atoms with Crippen molar-refractivity contribution in [2.75, 3.05) is 38.1 Å². The molecule has 2 aliphatic rings. The molecular weight excluding hydrogens is 457 g/mol. The van der Waals surface area contributed by atoms with E-state index in [1.54, 1.807) is 0 Å². The summed E-state index contributed by atoms with van der Waals surface area (Å²) >= 11 is 0.920. The minimum Gasteiger partial charge on any atom is -0.348 e. The second-order valence-electron chi connectivity index (χ2n) is 9.18. The molecule has 2 aliphatic heterocycles. The van der Waals surface area contributed by atoms with Crippen molar-refractivity contribution < 1.29 is 18.1 Å². The number of fused-ring (bicyclic) bond motifs is 1. The van der Waals surface area contributed by atoms with Gasteiger partial charge >= 0.3 is 6.18 Å². The SMILES string of the molecule is CN1CCC(CCC2CCN(c3nc(=O)c4cc(C(F)(F)F)cc([N+](=O)[O-])c4s3)CC2)CC1. The van der Waals surface area contributed by atoms with E-state index in [4.69, 9.17) is 0 Å². The Bertz CT molecular complexity index is 1070. The zero-order valence-corrected chi connectivity index (χ0v) is 19.3. The summed E-state index contributed by atoms with van der Waals surface area (Å²) in [6, 6.07) is 1.16. The Kier molecular flexibility index (Phi) is 6.90. The molecule has 4 rings (SSSR count). The van der Waals surface area contributed by atoms with Crippen LogP contribution in [0, 0.1) is 22.0 Å². The molecule has 0 N–H and O–H groups in total. The number of nitro benzene ring substituents is 1. The van der Waals surface area contributed by atoms with E-state index in [-0.39, 0.29) is 10.1 Å². The Morgan fingerprint density at radius 1 is 1.09 bits per heavy atom. The van der Waals surface area contributed by atoms with Crippen molar-refractivity contribution in [1.82, 2.24) is 9.88 Å². The van der Waals surface area contributed by atoms with E-state index in [0.29, 0.717) is 36.3 Å². The molecule has 0 spiro atoms. The monoisotopic (exact) mass is 484 g/mol. The standard InChI is InChI=1S/C22H27F3N4O3S/c1-27-8-4-14(5-9-27)2-3-15-6-10-28(11-7-15)21-26-20(30)17-12-16(22(23,24)25)13-18(29(31)32)19(17)33-21/h12-15H,2-11H2,1H3. The summed E-state index contributed by atoms with van der Waals surface area (Å²) in [6.07, 6.45) is 2.01. The Morgan fingerprint density at radius 3 is 2.21 bits per heavy atom. The molecule has 0 unspecified atom stereocenters. The maximum absolute atomic E-state index is 13.1. The fourth-order valence-electron chi connectivity index (χ4n) is 4.81. The Labute approximate surface area is 193 Å². The summed E-state index contributed by atoms with van der Waals surface area (Å²) in [6.45, 7) is 3.68. The van der Waals surface area contributed by atoms with Crippen LogP contribution in [0.4, 0.5) is 24.0 Å². The topological polar surface area (TPSA) is 79.6 Å². The molecule has 0 radical (unpaired) electrons. The van der Waals surface area contributed by atoms with Gasteiger partial charge in [0, 0.05) is 19.2 Å². The lowest BCUT2D eigenvalue weighted by Gasteiger charge is -2.34. The number of alkyl halides is 3. The van der Waals surface area contributed by atoms with Crippen LogP contribution < -0.4 is 10.5 Å². The van der Waals surface area contributed by atoms with E-state index in [1.807, 2.05) is 4.90 Å². The van der Waals surface area contributed by atoms with Gasteiger partial charge in [0.15, 0.2) is 5.13 Å². The van der Waals surface area contributed by atoms with Crippen LogP contribution in [0.3, 0.4) is 0 Å². The molecule has 2 fully saturated rings. The van der Waals surface area contributed by atoms with Crippen molar-refractivity contribution in [2.45, 2.75) is 44.7 Å². The largest absolute Gasteiger partial charge is 0.416 e. The van der Waals surface area contributed by atoms with Gasteiger partial charge in [0.25, 0.3) is 11.2 Å². The molecule has 33 heavy (non-hydrogen) atoms. The highest BCUT2D eigenvalue weighted by Gasteiger charge is 2.34. The lowest BCUT2D eigenvalue weighted by Crippen LogP contribution is -2.35. The van der Waals surface area contributed by atoms with Crippen LogP contribution >= 0.6 is 11.3 Å². The van der Waals surface area contributed by atoms with Gasteiger partial charge in [0.05, 0.1) is 15.9 Å². The van der Waals surface area contributed by atoms with Crippen molar-refractivity contribution in [1.29, 1.82) is 0 Å². The highest BCUT2D eigenvalue weighted by Crippen LogP contribution is 2.39. The third-order valence-corrected chi connectivity index (χ3v) is 8.09. The first-order valence-corrected chi connectivity index (χ1v) is 12.1. The molecule has 3 heterocycles. The lowest BCUT2D eigenvalue weighted by atomic mass is 9.85. The molecule has 0 bridgehead atoms. The quantitative estimate of drug-likeness (QED) is 0.443. The molecule has 2 aromatic rings. The van der Waals surface area contributed by atoms with Crippen molar-refractivity contribution in [3.8, 4) is 0 Å². The molecule has 2 saturated heterocycles. The van der Waals surface area contributed by atoms with Gasteiger partial charge in [0.2, 0.25) is 0 Å². The summed E-state index contributed by atoms with van der Waals surface area (Å²) in [5, 5.41) is 11.4. The van der Waals surface area contributed by atoms with Gasteiger partial charge in [-0.2, -0.15) is 18.2 Å². The number of halogens is 3. The molecule has 1 aromatic heterocycles. The fraction of sp³-hybridized carbons (Fsp3) is 0.636. The van der Waals surface area contributed by atoms with E-state index < -0.39 is 27.9 Å². The maximum atomic E-state index is 13.1. The summed E-state index contributed by atoms with van der Waals surface area (Å²) in [5.74, 6) is 1.38. The molecule has 0 amide bonds. The van der Waals surface area contributed by atoms with Crippen LogP contribution in [0.15, 0.2) is 16.9 Å². The number of rotatable bonds is 5. The second-order valence-corrected chi connectivity index (χ2v) is 10.2. The molecular formula is C22H27F3N4O3S. The number of likely N-dealkylation sites (tertiary alicyclic amines) is 1. The summed E-state index contributed by atoms with van der Waals surface area (Å²) < 4.78 is 39.4. The normalized spacial score (nSPS) is 19.3. The van der Waals surface area contributed by atoms with Gasteiger partial charge in [0.1, 0.15) is 4.70 Å². The van der Waals surface area contributed by atoms with Gasteiger partial charge in [-0.15, -0.1) is 0 Å². The molecule has 7 nitrogen and oxygen atoms in total. The molecule has 1 aromatic carbocycles. The van der Waals surface area contributed by atoms with Gasteiger partial charge in [-0.25, -0.2) is 0 Å².